The standard InChI is InChI=1S/C27H34N4O2S/c1-20-8-18-27(19-9-20)34(32,33)31(22(3)24-12-16-26(17-13-24)30(6)7)28-21(2)23-10-14-25(15-11-23)29(4)5/h8-19,22H,1-7H3/b28-21+. The molecule has 3 rings (SSSR count). The summed E-state index contributed by atoms with van der Waals surface area (Å²) in [5, 5.41) is 4.66. The van der Waals surface area contributed by atoms with Crippen molar-refractivity contribution in [1.29, 1.82) is 0 Å². The maximum Gasteiger partial charge on any atom is 0.279 e. The predicted molar refractivity (Wildman–Crippen MR) is 142 cm³/mol. The quantitative estimate of drug-likeness (QED) is 0.326. The number of hydrazone groups is 1. The molecule has 0 radical (unpaired) electrons. The molecule has 3 aromatic carbocycles. The Labute approximate surface area is 204 Å². The monoisotopic (exact) mass is 478 g/mol. The van der Waals surface area contributed by atoms with Gasteiger partial charge < -0.3 is 9.80 Å². The molecule has 6 nitrogen and oxygen atoms in total. The van der Waals surface area contributed by atoms with Crippen molar-refractivity contribution in [1.82, 2.24) is 4.41 Å². The third kappa shape index (κ3) is 5.59. The summed E-state index contributed by atoms with van der Waals surface area (Å²) in [7, 11) is 4.02. The molecule has 0 aliphatic rings. The van der Waals surface area contributed by atoms with Crippen molar-refractivity contribution in [3.05, 3.63) is 89.5 Å². The van der Waals surface area contributed by atoms with Gasteiger partial charge in [-0.05, 0) is 68.3 Å². The third-order valence-electron chi connectivity index (χ3n) is 5.84. The van der Waals surface area contributed by atoms with Gasteiger partial charge in [-0.2, -0.15) is 17.9 Å². The molecular formula is C27H34N4O2S. The van der Waals surface area contributed by atoms with Crippen molar-refractivity contribution >= 4 is 27.1 Å². The van der Waals surface area contributed by atoms with Crippen molar-refractivity contribution in [2.45, 2.75) is 31.7 Å². The molecule has 0 aliphatic carbocycles. The Bertz CT molecular complexity index is 1230. The van der Waals surface area contributed by atoms with E-state index in [4.69, 9.17) is 0 Å². The molecule has 0 bridgehead atoms. The summed E-state index contributed by atoms with van der Waals surface area (Å²) in [6.45, 7) is 5.63. The minimum Gasteiger partial charge on any atom is -0.378 e. The van der Waals surface area contributed by atoms with E-state index in [0.717, 1.165) is 28.1 Å². The molecular weight excluding hydrogens is 444 g/mol. The minimum atomic E-state index is -3.89. The lowest BCUT2D eigenvalue weighted by Crippen LogP contribution is -2.30. The molecule has 0 saturated carbocycles. The van der Waals surface area contributed by atoms with Crippen LogP contribution in [0.15, 0.2) is 82.8 Å². The molecule has 3 aromatic rings. The van der Waals surface area contributed by atoms with Gasteiger partial charge in [-0.15, -0.1) is 0 Å². The van der Waals surface area contributed by atoms with Gasteiger partial charge in [0.25, 0.3) is 10.0 Å². The fourth-order valence-electron chi connectivity index (χ4n) is 3.55. The van der Waals surface area contributed by atoms with Gasteiger partial charge in [-0.3, -0.25) is 0 Å². The van der Waals surface area contributed by atoms with Crippen molar-refractivity contribution in [2.24, 2.45) is 5.10 Å². The number of nitrogens with zero attached hydrogens (tertiary/aromatic N) is 4. The van der Waals surface area contributed by atoms with E-state index in [2.05, 4.69) is 5.10 Å². The Morgan fingerprint density at radius 1 is 0.765 bits per heavy atom. The Morgan fingerprint density at radius 3 is 1.71 bits per heavy atom. The summed E-state index contributed by atoms with van der Waals surface area (Å²) in [6, 6.07) is 22.2. The van der Waals surface area contributed by atoms with Crippen molar-refractivity contribution in [3.8, 4) is 0 Å². The molecule has 0 heterocycles. The van der Waals surface area contributed by atoms with Gasteiger partial charge in [-0.1, -0.05) is 42.0 Å². The highest BCUT2D eigenvalue weighted by Gasteiger charge is 2.29. The van der Waals surface area contributed by atoms with E-state index < -0.39 is 16.1 Å². The molecule has 0 saturated heterocycles. The third-order valence-corrected chi connectivity index (χ3v) is 7.60. The Morgan fingerprint density at radius 2 is 1.24 bits per heavy atom. The van der Waals surface area contributed by atoms with Crippen LogP contribution in [-0.4, -0.2) is 46.7 Å². The summed E-state index contributed by atoms with van der Waals surface area (Å²) in [5.41, 5.74) is 5.46. The Balaban J connectivity index is 2.07. The molecule has 1 unspecified atom stereocenters. The molecule has 0 aromatic heterocycles. The van der Waals surface area contributed by atoms with E-state index in [1.54, 1.807) is 24.3 Å². The first-order valence-electron chi connectivity index (χ1n) is 11.2. The molecule has 1 atom stereocenters. The van der Waals surface area contributed by atoms with Crippen LogP contribution in [0.25, 0.3) is 0 Å². The van der Waals surface area contributed by atoms with Gasteiger partial charge in [0.2, 0.25) is 0 Å². The van der Waals surface area contributed by atoms with E-state index >= 15 is 0 Å². The van der Waals surface area contributed by atoms with E-state index in [1.165, 1.54) is 4.41 Å². The maximum absolute atomic E-state index is 13.7. The largest absolute Gasteiger partial charge is 0.378 e. The lowest BCUT2D eigenvalue weighted by atomic mass is 10.1. The zero-order valence-electron chi connectivity index (χ0n) is 21.0. The number of aryl methyl sites for hydroxylation is 1. The molecule has 34 heavy (non-hydrogen) atoms. The fraction of sp³-hybridized carbons (Fsp3) is 0.296. The number of benzene rings is 3. The zero-order chi connectivity index (χ0) is 25.0. The molecule has 0 N–H and O–H groups in total. The number of hydrogen-bond acceptors (Lipinski definition) is 5. The molecule has 0 amide bonds. The van der Waals surface area contributed by atoms with Gasteiger partial charge in [0, 0.05) is 39.6 Å². The van der Waals surface area contributed by atoms with E-state index in [0.29, 0.717) is 5.71 Å². The topological polar surface area (TPSA) is 56.2 Å². The minimum absolute atomic E-state index is 0.217. The zero-order valence-corrected chi connectivity index (χ0v) is 21.8. The van der Waals surface area contributed by atoms with Crippen LogP contribution in [0.2, 0.25) is 0 Å². The average Bonchev–Trinajstić information content (AvgIpc) is 2.82. The van der Waals surface area contributed by atoms with Crippen molar-refractivity contribution in [3.63, 3.8) is 0 Å². The summed E-state index contributed by atoms with van der Waals surface area (Å²) >= 11 is 0. The molecule has 0 spiro atoms. The van der Waals surface area contributed by atoms with Crippen LogP contribution in [0.4, 0.5) is 11.4 Å². The fourth-order valence-corrected chi connectivity index (χ4v) is 5.02. The maximum atomic E-state index is 13.7. The highest BCUT2D eigenvalue weighted by molar-refractivity contribution is 7.89. The number of hydrogen-bond donors (Lipinski definition) is 0. The summed E-state index contributed by atoms with van der Waals surface area (Å²) < 4.78 is 28.7. The lowest BCUT2D eigenvalue weighted by molar-refractivity contribution is 0.358. The van der Waals surface area contributed by atoms with Gasteiger partial charge in [-0.25, -0.2) is 0 Å². The summed E-state index contributed by atoms with van der Waals surface area (Å²) in [4.78, 5) is 4.24. The highest BCUT2D eigenvalue weighted by atomic mass is 32.2. The lowest BCUT2D eigenvalue weighted by Gasteiger charge is -2.27. The summed E-state index contributed by atoms with van der Waals surface area (Å²) in [6.07, 6.45) is 0. The van der Waals surface area contributed by atoms with Gasteiger partial charge in [0.15, 0.2) is 0 Å². The van der Waals surface area contributed by atoms with Crippen molar-refractivity contribution < 1.29 is 8.42 Å². The van der Waals surface area contributed by atoms with Gasteiger partial charge in [0.05, 0.1) is 16.6 Å². The van der Waals surface area contributed by atoms with Crippen molar-refractivity contribution in [2.75, 3.05) is 38.0 Å². The first kappa shape index (κ1) is 25.3. The van der Waals surface area contributed by atoms with Crippen LogP contribution in [0.5, 0.6) is 0 Å². The van der Waals surface area contributed by atoms with E-state index in [1.807, 2.05) is 107 Å². The number of rotatable bonds is 8. The van der Waals surface area contributed by atoms with E-state index in [-0.39, 0.29) is 4.90 Å². The molecule has 0 aliphatic heterocycles. The highest BCUT2D eigenvalue weighted by Crippen LogP contribution is 2.30. The smallest absolute Gasteiger partial charge is 0.279 e. The van der Waals surface area contributed by atoms with Crippen LogP contribution in [0, 0.1) is 6.92 Å². The second kappa shape index (κ2) is 10.3. The first-order valence-corrected chi connectivity index (χ1v) is 12.7. The molecule has 0 fully saturated rings. The first-order chi connectivity index (χ1) is 16.0. The van der Waals surface area contributed by atoms with Crippen LogP contribution < -0.4 is 9.80 Å². The number of sulfonamides is 1. The molecule has 180 valence electrons. The normalized spacial score (nSPS) is 12.9. The van der Waals surface area contributed by atoms with Crippen LogP contribution in [-0.2, 0) is 10.0 Å². The Hall–Kier alpha value is -3.32. The molecule has 7 heteroatoms. The van der Waals surface area contributed by atoms with E-state index in [9.17, 15) is 8.42 Å². The SMILES string of the molecule is C/C(=N\N(C(C)c1ccc(N(C)C)cc1)S(=O)(=O)c1ccc(C)cc1)c1ccc(N(C)C)cc1. The second-order valence-electron chi connectivity index (χ2n) is 8.88. The van der Waals surface area contributed by atoms with Crippen LogP contribution in [0.3, 0.4) is 0 Å². The summed E-state index contributed by atoms with van der Waals surface area (Å²) in [5.74, 6) is 0. The Kier molecular flexibility index (Phi) is 7.67. The van der Waals surface area contributed by atoms with Crippen LogP contribution >= 0.6 is 0 Å². The second-order valence-corrected chi connectivity index (χ2v) is 10.7. The number of anilines is 2. The van der Waals surface area contributed by atoms with Crippen LogP contribution in [0.1, 0.15) is 36.6 Å². The predicted octanol–water partition coefficient (Wildman–Crippen LogP) is 5.30. The average molecular weight is 479 g/mol. The van der Waals surface area contributed by atoms with Gasteiger partial charge in [0.1, 0.15) is 0 Å². The van der Waals surface area contributed by atoms with Gasteiger partial charge >= 0.3 is 0 Å².